The molecule has 160 valence electrons. The van der Waals surface area contributed by atoms with Gasteiger partial charge < -0.3 is 9.72 Å². The van der Waals surface area contributed by atoms with Gasteiger partial charge in [-0.15, -0.1) is 0 Å². The number of rotatable bonds is 4. The number of benzene rings is 2. The van der Waals surface area contributed by atoms with Gasteiger partial charge in [0, 0.05) is 29.6 Å². The van der Waals surface area contributed by atoms with Gasteiger partial charge in [0.25, 0.3) is 0 Å². The van der Waals surface area contributed by atoms with E-state index in [4.69, 9.17) is 14.7 Å². The number of hydrogen-bond donors (Lipinski definition) is 2. The predicted octanol–water partition coefficient (Wildman–Crippen LogP) is 5.38. The Morgan fingerprint density at radius 2 is 1.82 bits per heavy atom. The summed E-state index contributed by atoms with van der Waals surface area (Å²) < 4.78 is 19.4. The molecular weight excluding hydrogens is 419 g/mol. The molecule has 0 bridgehead atoms. The summed E-state index contributed by atoms with van der Waals surface area (Å²) in [6, 6.07) is 18.0. The maximum atomic E-state index is 14.1. The zero-order chi connectivity index (χ0) is 22.4. The van der Waals surface area contributed by atoms with Gasteiger partial charge in [0.05, 0.1) is 29.4 Å². The van der Waals surface area contributed by atoms with E-state index in [1.165, 1.54) is 19.2 Å². The summed E-state index contributed by atoms with van der Waals surface area (Å²) in [7, 11) is 1.52. The van der Waals surface area contributed by atoms with E-state index in [0.717, 1.165) is 27.9 Å². The fraction of sp³-hybridized carbons (Fsp3) is 0.0400. The van der Waals surface area contributed by atoms with Crippen molar-refractivity contribution in [3.8, 4) is 39.7 Å². The first-order valence-electron chi connectivity index (χ1n) is 10.3. The third-order valence-corrected chi connectivity index (χ3v) is 5.52. The van der Waals surface area contributed by atoms with E-state index in [1.54, 1.807) is 18.5 Å². The van der Waals surface area contributed by atoms with Gasteiger partial charge in [-0.3, -0.25) is 10.1 Å². The number of halogens is 1. The molecule has 0 saturated heterocycles. The van der Waals surface area contributed by atoms with Crippen molar-refractivity contribution in [2.75, 3.05) is 7.11 Å². The van der Waals surface area contributed by atoms with Gasteiger partial charge in [-0.1, -0.05) is 12.1 Å². The molecule has 4 aromatic heterocycles. The Bertz CT molecular complexity index is 1620. The molecule has 0 aliphatic rings. The van der Waals surface area contributed by atoms with Gasteiger partial charge in [0.1, 0.15) is 17.1 Å². The predicted molar refractivity (Wildman–Crippen MR) is 124 cm³/mol. The van der Waals surface area contributed by atoms with Crippen LogP contribution in [0.5, 0.6) is 5.75 Å². The second-order valence-corrected chi connectivity index (χ2v) is 7.57. The molecular formula is C25H17FN6O. The zero-order valence-corrected chi connectivity index (χ0v) is 17.5. The van der Waals surface area contributed by atoms with Gasteiger partial charge in [-0.05, 0) is 48.0 Å². The Morgan fingerprint density at radius 3 is 2.67 bits per heavy atom. The highest BCUT2D eigenvalue weighted by Crippen LogP contribution is 2.33. The summed E-state index contributed by atoms with van der Waals surface area (Å²) in [4.78, 5) is 17.1. The molecule has 2 N–H and O–H groups in total. The van der Waals surface area contributed by atoms with E-state index in [2.05, 4.69) is 20.2 Å². The minimum absolute atomic E-state index is 0.373. The lowest BCUT2D eigenvalue weighted by Crippen LogP contribution is -1.88. The third-order valence-electron chi connectivity index (χ3n) is 5.52. The molecule has 6 rings (SSSR count). The van der Waals surface area contributed by atoms with Crippen molar-refractivity contribution in [2.45, 2.75) is 0 Å². The molecule has 0 spiro atoms. The second-order valence-electron chi connectivity index (χ2n) is 7.57. The SMILES string of the molecule is COc1cc(F)cc(-c2cccc3[nH]c(-c4n[nH]c5ccc(-c6cccnc6)nc45)nc23)c1. The van der Waals surface area contributed by atoms with Crippen LogP contribution in [-0.2, 0) is 0 Å². The molecule has 6 aromatic rings. The van der Waals surface area contributed by atoms with E-state index in [-0.39, 0.29) is 5.82 Å². The van der Waals surface area contributed by atoms with Crippen molar-refractivity contribution < 1.29 is 9.13 Å². The quantitative estimate of drug-likeness (QED) is 0.387. The molecule has 33 heavy (non-hydrogen) atoms. The smallest absolute Gasteiger partial charge is 0.161 e. The fourth-order valence-electron chi connectivity index (χ4n) is 3.95. The van der Waals surface area contributed by atoms with Crippen LogP contribution in [0.15, 0.2) is 73.1 Å². The lowest BCUT2D eigenvalue weighted by Gasteiger charge is -2.06. The van der Waals surface area contributed by atoms with Crippen molar-refractivity contribution >= 4 is 22.1 Å². The number of H-pyrrole nitrogens is 2. The summed E-state index contributed by atoms with van der Waals surface area (Å²) in [5, 5.41) is 7.49. The monoisotopic (exact) mass is 436 g/mol. The maximum Gasteiger partial charge on any atom is 0.161 e. The normalized spacial score (nSPS) is 11.3. The fourth-order valence-corrected chi connectivity index (χ4v) is 3.95. The average molecular weight is 436 g/mol. The number of nitrogens with one attached hydrogen (secondary N) is 2. The van der Waals surface area contributed by atoms with Crippen LogP contribution in [0.3, 0.4) is 0 Å². The van der Waals surface area contributed by atoms with Crippen LogP contribution < -0.4 is 4.74 Å². The molecule has 0 aliphatic heterocycles. The van der Waals surface area contributed by atoms with E-state index in [1.807, 2.05) is 42.5 Å². The number of hydrogen-bond acceptors (Lipinski definition) is 5. The molecule has 0 saturated carbocycles. The van der Waals surface area contributed by atoms with E-state index >= 15 is 0 Å². The van der Waals surface area contributed by atoms with Crippen molar-refractivity contribution in [3.05, 3.63) is 78.9 Å². The number of ether oxygens (including phenoxy) is 1. The molecule has 0 fully saturated rings. The largest absolute Gasteiger partial charge is 0.497 e. The Hall–Kier alpha value is -4.59. The molecule has 0 atom stereocenters. The maximum absolute atomic E-state index is 14.1. The highest BCUT2D eigenvalue weighted by molar-refractivity contribution is 5.96. The average Bonchev–Trinajstić information content (AvgIpc) is 3.47. The van der Waals surface area contributed by atoms with Crippen LogP contribution in [0.25, 0.3) is 56.0 Å². The summed E-state index contributed by atoms with van der Waals surface area (Å²) in [6.45, 7) is 0. The molecule has 0 aliphatic carbocycles. The van der Waals surface area contributed by atoms with Crippen molar-refractivity contribution in [1.29, 1.82) is 0 Å². The highest BCUT2D eigenvalue weighted by Gasteiger charge is 2.17. The lowest BCUT2D eigenvalue weighted by molar-refractivity contribution is 0.411. The van der Waals surface area contributed by atoms with Crippen molar-refractivity contribution in [3.63, 3.8) is 0 Å². The molecule has 7 nitrogen and oxygen atoms in total. The number of methoxy groups -OCH3 is 1. The molecule has 8 heteroatoms. The Labute approximate surface area is 187 Å². The van der Waals surface area contributed by atoms with Crippen LogP contribution in [0, 0.1) is 5.82 Å². The van der Waals surface area contributed by atoms with Gasteiger partial charge in [0.2, 0.25) is 0 Å². The molecule has 0 radical (unpaired) electrons. The minimum atomic E-state index is -0.373. The van der Waals surface area contributed by atoms with Crippen LogP contribution >= 0.6 is 0 Å². The minimum Gasteiger partial charge on any atom is -0.497 e. The molecule has 0 unspecified atom stereocenters. The van der Waals surface area contributed by atoms with E-state index in [0.29, 0.717) is 33.9 Å². The van der Waals surface area contributed by atoms with Gasteiger partial charge >= 0.3 is 0 Å². The van der Waals surface area contributed by atoms with Gasteiger partial charge in [0.15, 0.2) is 11.5 Å². The number of aromatic nitrogens is 6. The highest BCUT2D eigenvalue weighted by atomic mass is 19.1. The van der Waals surface area contributed by atoms with E-state index in [9.17, 15) is 4.39 Å². The summed E-state index contributed by atoms with van der Waals surface area (Å²) in [5.74, 6) is 0.647. The number of para-hydroxylation sites is 1. The molecule has 0 amide bonds. The van der Waals surface area contributed by atoms with Crippen LogP contribution in [-0.4, -0.2) is 37.2 Å². The van der Waals surface area contributed by atoms with Gasteiger partial charge in [-0.25, -0.2) is 14.4 Å². The Kier molecular flexibility index (Phi) is 4.36. The Balaban J connectivity index is 1.50. The summed E-state index contributed by atoms with van der Waals surface area (Å²) in [5.41, 5.74) is 6.80. The van der Waals surface area contributed by atoms with Crippen LogP contribution in [0.2, 0.25) is 0 Å². The summed E-state index contributed by atoms with van der Waals surface area (Å²) in [6.07, 6.45) is 3.50. The van der Waals surface area contributed by atoms with E-state index < -0.39 is 0 Å². The first-order chi connectivity index (χ1) is 16.2. The topological polar surface area (TPSA) is 92.4 Å². The number of fused-ring (bicyclic) bond motifs is 2. The zero-order valence-electron chi connectivity index (χ0n) is 17.5. The molecule has 4 heterocycles. The molecule has 2 aromatic carbocycles. The van der Waals surface area contributed by atoms with Crippen molar-refractivity contribution in [2.24, 2.45) is 0 Å². The standard InChI is InChI=1S/C25H17FN6O/c1-33-17-11-15(10-16(26)12-17)18-5-2-6-20-22(18)30-25(29-20)24-23-21(31-32-24)8-7-19(28-23)14-4-3-9-27-13-14/h2-13H,1H3,(H,29,30)(H,31,32). The third kappa shape index (κ3) is 3.28. The number of pyridine rings is 2. The van der Waals surface area contributed by atoms with Gasteiger partial charge in [-0.2, -0.15) is 5.10 Å². The summed E-state index contributed by atoms with van der Waals surface area (Å²) >= 11 is 0. The van der Waals surface area contributed by atoms with Crippen LogP contribution in [0.1, 0.15) is 0 Å². The number of imidazole rings is 1. The lowest BCUT2D eigenvalue weighted by atomic mass is 10.0. The first-order valence-corrected chi connectivity index (χ1v) is 10.3. The second kappa shape index (κ2) is 7.52. The van der Waals surface area contributed by atoms with Crippen LogP contribution in [0.4, 0.5) is 4.39 Å². The van der Waals surface area contributed by atoms with Crippen molar-refractivity contribution in [1.82, 2.24) is 30.1 Å². The number of nitrogens with zero attached hydrogens (tertiary/aromatic N) is 4. The Morgan fingerprint density at radius 1 is 0.879 bits per heavy atom. The first kappa shape index (κ1) is 19.1. The number of aromatic amines is 2.